The summed E-state index contributed by atoms with van der Waals surface area (Å²) in [5.74, 6) is 0. The summed E-state index contributed by atoms with van der Waals surface area (Å²) in [7, 11) is 0. The average Bonchev–Trinajstić information content (AvgIpc) is 1.86. The first kappa shape index (κ1) is 8.73. The Labute approximate surface area is 61.3 Å². The second-order valence-electron chi connectivity index (χ2n) is 2.36. The van der Waals surface area contributed by atoms with Gasteiger partial charge in [0.15, 0.2) is 0 Å². The first-order chi connectivity index (χ1) is 5.00. The van der Waals surface area contributed by atoms with Crippen LogP contribution in [0.4, 0.5) is 17.7 Å². The molecule has 0 unspecified atom stereocenters. The largest absolute Gasteiger partial charge is 0.460 e. The molecule has 0 aromatic rings. The van der Waals surface area contributed by atoms with Gasteiger partial charge in [-0.15, -0.1) is 9.60 Å². The molecule has 0 amide bonds. The lowest BCUT2D eigenvalue weighted by Gasteiger charge is -2.30. The summed E-state index contributed by atoms with van der Waals surface area (Å²) in [5, 5.41) is 0.391. The third kappa shape index (κ3) is 2.30. The van der Waals surface area contributed by atoms with Crippen molar-refractivity contribution in [1.29, 1.82) is 0 Å². The number of halogens is 4. The van der Waals surface area contributed by atoms with Crippen LogP contribution in [0.1, 0.15) is 0 Å². The summed E-state index contributed by atoms with van der Waals surface area (Å²) in [6.07, 6.45) is -4.30. The molecule has 0 aromatic carbocycles. The van der Waals surface area contributed by atoms with Crippen LogP contribution in [0, 0.1) is 0 Å². The first-order valence-corrected chi connectivity index (χ1v) is 3.22. The monoisotopic (exact) mass is 172 g/mol. The molecule has 66 valence electrons. The predicted molar refractivity (Wildman–Crippen MR) is 30.3 cm³/mol. The summed E-state index contributed by atoms with van der Waals surface area (Å²) in [4.78, 5) is 0.309. The van der Waals surface area contributed by atoms with Crippen LogP contribution in [0.3, 0.4) is 0 Å². The highest BCUT2D eigenvalue weighted by Crippen LogP contribution is 2.22. The molecule has 1 saturated heterocycles. The molecule has 0 bridgehead atoms. The van der Waals surface area contributed by atoms with Gasteiger partial charge in [-0.3, -0.25) is 0 Å². The molecular weight excluding hydrogens is 164 g/mol. The van der Waals surface area contributed by atoms with Gasteiger partial charge in [0, 0.05) is 26.2 Å². The zero-order valence-corrected chi connectivity index (χ0v) is 5.73. The number of nitrogens with zero attached hydrogens (tertiary/aromatic N) is 2. The minimum absolute atomic E-state index is 0.167. The Kier molecular flexibility index (Phi) is 2.34. The van der Waals surface area contributed by atoms with E-state index in [-0.39, 0.29) is 26.2 Å². The van der Waals surface area contributed by atoms with E-state index in [1.807, 2.05) is 0 Å². The molecular formula is C5H8F4N2. The molecule has 1 fully saturated rings. The Balaban J connectivity index is 2.39. The fourth-order valence-electron chi connectivity index (χ4n) is 0.936. The van der Waals surface area contributed by atoms with E-state index in [1.165, 1.54) is 0 Å². The Morgan fingerprint density at radius 1 is 0.909 bits per heavy atom. The molecule has 1 aliphatic heterocycles. The van der Waals surface area contributed by atoms with Crippen LogP contribution >= 0.6 is 0 Å². The van der Waals surface area contributed by atoms with Gasteiger partial charge >= 0.3 is 6.30 Å². The average molecular weight is 172 g/mol. The molecule has 0 atom stereocenters. The Morgan fingerprint density at radius 3 is 1.73 bits per heavy atom. The summed E-state index contributed by atoms with van der Waals surface area (Å²) in [6, 6.07) is 0. The topological polar surface area (TPSA) is 6.48 Å². The second kappa shape index (κ2) is 2.94. The molecule has 0 radical (unpaired) electrons. The van der Waals surface area contributed by atoms with Gasteiger partial charge in [-0.1, -0.05) is 0 Å². The van der Waals surface area contributed by atoms with E-state index in [4.69, 9.17) is 0 Å². The summed E-state index contributed by atoms with van der Waals surface area (Å²) in [5.41, 5.74) is 0. The smallest absolute Gasteiger partial charge is 0.212 e. The lowest BCUT2D eigenvalue weighted by Crippen LogP contribution is -2.49. The van der Waals surface area contributed by atoms with Crippen LogP contribution in [0.15, 0.2) is 0 Å². The second-order valence-corrected chi connectivity index (χ2v) is 2.36. The van der Waals surface area contributed by atoms with Gasteiger partial charge in [-0.05, 0) is 0 Å². The van der Waals surface area contributed by atoms with Crippen LogP contribution in [0.5, 0.6) is 0 Å². The number of rotatable bonds is 0. The maximum absolute atomic E-state index is 12.2. The molecule has 2 nitrogen and oxygen atoms in total. The van der Waals surface area contributed by atoms with Gasteiger partial charge in [0.1, 0.15) is 0 Å². The standard InChI is InChI=1S/C5H8F4N2/c6-5(7,8)10-1-3-11(9)4-2-10/h1-4H2. The zero-order chi connectivity index (χ0) is 8.48. The summed E-state index contributed by atoms with van der Waals surface area (Å²) >= 11 is 0. The number of alkyl halides is 3. The minimum Gasteiger partial charge on any atom is -0.212 e. The fourth-order valence-corrected chi connectivity index (χ4v) is 0.936. The highest BCUT2D eigenvalue weighted by atomic mass is 19.4. The highest BCUT2D eigenvalue weighted by Gasteiger charge is 2.38. The van der Waals surface area contributed by atoms with Crippen molar-refractivity contribution in [2.45, 2.75) is 6.30 Å². The van der Waals surface area contributed by atoms with Crippen molar-refractivity contribution < 1.29 is 17.7 Å². The summed E-state index contributed by atoms with van der Waals surface area (Å²) in [6.45, 7) is -0.890. The van der Waals surface area contributed by atoms with Gasteiger partial charge in [0.25, 0.3) is 0 Å². The molecule has 0 aromatic heterocycles. The lowest BCUT2D eigenvalue weighted by molar-refractivity contribution is -0.258. The van der Waals surface area contributed by atoms with Crippen LogP contribution in [-0.4, -0.2) is 42.5 Å². The fraction of sp³-hybridized carbons (Fsp3) is 1.00. The maximum Gasteiger partial charge on any atom is 0.460 e. The molecule has 1 heterocycles. The predicted octanol–water partition coefficient (Wildman–Crippen LogP) is 1.01. The van der Waals surface area contributed by atoms with E-state index < -0.39 is 6.30 Å². The van der Waals surface area contributed by atoms with Crippen molar-refractivity contribution in [3.8, 4) is 0 Å². The van der Waals surface area contributed by atoms with E-state index in [2.05, 4.69) is 0 Å². The number of hydrogen-bond donors (Lipinski definition) is 0. The van der Waals surface area contributed by atoms with Crippen molar-refractivity contribution in [1.82, 2.24) is 10.0 Å². The highest BCUT2D eigenvalue weighted by molar-refractivity contribution is 4.68. The van der Waals surface area contributed by atoms with Crippen molar-refractivity contribution >= 4 is 0 Å². The van der Waals surface area contributed by atoms with E-state index >= 15 is 0 Å². The van der Waals surface area contributed by atoms with Crippen LogP contribution in [0.25, 0.3) is 0 Å². The third-order valence-electron chi connectivity index (χ3n) is 1.58. The van der Waals surface area contributed by atoms with E-state index in [0.717, 1.165) is 0 Å². The van der Waals surface area contributed by atoms with Gasteiger partial charge in [0.05, 0.1) is 0 Å². The molecule has 0 saturated carbocycles. The quantitative estimate of drug-likeness (QED) is 0.305. The molecule has 1 aliphatic rings. The Morgan fingerprint density at radius 2 is 1.36 bits per heavy atom. The molecule has 0 aliphatic carbocycles. The van der Waals surface area contributed by atoms with E-state index in [9.17, 15) is 17.7 Å². The van der Waals surface area contributed by atoms with E-state index in [0.29, 0.717) is 10.0 Å². The minimum atomic E-state index is -4.30. The summed E-state index contributed by atoms with van der Waals surface area (Å²) < 4.78 is 47.7. The molecule has 11 heavy (non-hydrogen) atoms. The molecule has 6 heteroatoms. The van der Waals surface area contributed by atoms with Gasteiger partial charge in [-0.25, -0.2) is 4.90 Å². The molecule has 0 N–H and O–H groups in total. The van der Waals surface area contributed by atoms with Crippen LogP contribution in [0.2, 0.25) is 0 Å². The van der Waals surface area contributed by atoms with E-state index in [1.54, 1.807) is 0 Å². The van der Waals surface area contributed by atoms with Crippen molar-refractivity contribution in [2.24, 2.45) is 0 Å². The molecule has 0 spiro atoms. The maximum atomic E-state index is 12.2. The number of hydrogen-bond acceptors (Lipinski definition) is 2. The Hall–Kier alpha value is -0.360. The van der Waals surface area contributed by atoms with Crippen molar-refractivity contribution in [2.75, 3.05) is 26.2 Å². The first-order valence-electron chi connectivity index (χ1n) is 3.22. The van der Waals surface area contributed by atoms with Gasteiger partial charge < -0.3 is 0 Å². The van der Waals surface area contributed by atoms with Gasteiger partial charge in [0.2, 0.25) is 0 Å². The lowest BCUT2D eigenvalue weighted by atomic mass is 10.4. The van der Waals surface area contributed by atoms with Crippen molar-refractivity contribution in [3.63, 3.8) is 0 Å². The SMILES string of the molecule is FN1CCN(C(F)(F)F)CC1. The Bertz CT molecular complexity index is 127. The normalized spacial score (nSPS) is 24.0. The van der Waals surface area contributed by atoms with Crippen molar-refractivity contribution in [3.05, 3.63) is 0 Å². The number of piperazine rings is 1. The molecule has 1 rings (SSSR count). The zero-order valence-electron chi connectivity index (χ0n) is 5.73. The van der Waals surface area contributed by atoms with Crippen LogP contribution in [-0.2, 0) is 0 Å². The third-order valence-corrected chi connectivity index (χ3v) is 1.58. The van der Waals surface area contributed by atoms with Gasteiger partial charge in [-0.2, -0.15) is 13.2 Å². The van der Waals surface area contributed by atoms with Crippen LogP contribution < -0.4 is 0 Å².